The first-order chi connectivity index (χ1) is 20.2. The third kappa shape index (κ3) is 7.88. The van der Waals surface area contributed by atoms with Gasteiger partial charge in [0.05, 0.1) is 58.1 Å². The molecule has 0 spiro atoms. The molecule has 1 amide bonds. The predicted molar refractivity (Wildman–Crippen MR) is 152 cm³/mol. The Hall–Kier alpha value is -2.70. The molecule has 2 aromatic heterocycles. The molecule has 9 nitrogen and oxygen atoms in total. The minimum atomic E-state index is -4.92. The van der Waals surface area contributed by atoms with Crippen LogP contribution in [0.2, 0.25) is 10.0 Å². The van der Waals surface area contributed by atoms with Gasteiger partial charge in [0.2, 0.25) is 0 Å². The van der Waals surface area contributed by atoms with Gasteiger partial charge >= 0.3 is 12.1 Å². The van der Waals surface area contributed by atoms with Crippen molar-refractivity contribution in [2.24, 2.45) is 11.8 Å². The van der Waals surface area contributed by atoms with Crippen molar-refractivity contribution < 1.29 is 37.4 Å². The highest BCUT2D eigenvalue weighted by atomic mass is 35.5. The minimum Gasteiger partial charge on any atom is -0.466 e. The summed E-state index contributed by atoms with van der Waals surface area (Å²) < 4.78 is 49.6. The maximum atomic E-state index is 14.6. The van der Waals surface area contributed by atoms with Crippen LogP contribution < -0.4 is 0 Å². The number of alkyl halides is 3. The molecule has 0 aromatic carbocycles. The zero-order valence-electron chi connectivity index (χ0n) is 24.0. The summed E-state index contributed by atoms with van der Waals surface area (Å²) in [4.78, 5) is 44.3. The number of hydrogen-bond donors (Lipinski definition) is 1. The van der Waals surface area contributed by atoms with Crippen LogP contribution in [0.5, 0.6) is 0 Å². The lowest BCUT2D eigenvalue weighted by atomic mass is 9.79. The molecule has 1 N–H and O–H groups in total. The van der Waals surface area contributed by atoms with Crippen molar-refractivity contribution in [3.63, 3.8) is 0 Å². The second-order valence-electron chi connectivity index (χ2n) is 11.6. The normalized spacial score (nSPS) is 24.4. The van der Waals surface area contributed by atoms with E-state index in [4.69, 9.17) is 27.9 Å². The molecule has 2 aromatic rings. The molecule has 43 heavy (non-hydrogen) atoms. The van der Waals surface area contributed by atoms with Crippen LogP contribution >= 0.6 is 23.2 Å². The fourth-order valence-electron chi connectivity index (χ4n) is 6.01. The van der Waals surface area contributed by atoms with Crippen molar-refractivity contribution in [1.82, 2.24) is 19.7 Å². The number of ether oxygens (including phenoxy) is 1. The van der Waals surface area contributed by atoms with Crippen LogP contribution in [0.15, 0.2) is 18.6 Å². The second kappa shape index (κ2) is 13.5. The summed E-state index contributed by atoms with van der Waals surface area (Å²) in [5.41, 5.74) is -2.80. The van der Waals surface area contributed by atoms with E-state index < -0.39 is 53.2 Å². The molecule has 0 unspecified atom stereocenters. The van der Waals surface area contributed by atoms with Crippen LogP contribution in [0.4, 0.5) is 13.2 Å². The van der Waals surface area contributed by atoms with Crippen molar-refractivity contribution in [3.8, 4) is 0 Å². The average molecular weight is 648 g/mol. The predicted octanol–water partition coefficient (Wildman–Crippen LogP) is 6.16. The number of aliphatic hydroxyl groups is 1. The van der Waals surface area contributed by atoms with Crippen LogP contribution in [0, 0.1) is 11.8 Å². The van der Waals surface area contributed by atoms with Gasteiger partial charge < -0.3 is 14.7 Å². The van der Waals surface area contributed by atoms with Gasteiger partial charge in [-0.15, -0.1) is 0 Å². The monoisotopic (exact) mass is 646 g/mol. The highest BCUT2D eigenvalue weighted by Crippen LogP contribution is 2.40. The standard InChI is InChI=1S/C29H35Cl2F3N4O5/c1-3-43-27(41)18-4-6-19(7-5-18)38-25(29(32,33)34)20(12-36-38)26(40)37(15-17-8-10-28(2,42)11-9-17)16-23(39)24-21(30)13-35-14-22(24)31/h12-14,17-19,42H,3-11,15-16H2,1-2H3. The summed E-state index contributed by atoms with van der Waals surface area (Å²) in [6, 6.07) is -0.672. The molecule has 14 heteroatoms. The summed E-state index contributed by atoms with van der Waals surface area (Å²) in [6.07, 6.45) is 1.56. The van der Waals surface area contributed by atoms with Gasteiger partial charge in [-0.1, -0.05) is 23.2 Å². The van der Waals surface area contributed by atoms with E-state index in [1.54, 1.807) is 13.8 Å². The number of aromatic nitrogens is 3. The number of ketones is 1. The SMILES string of the molecule is CCOC(=O)C1CCC(n2ncc(C(=O)N(CC(=O)c3c(Cl)cncc3Cl)CC3CCC(C)(O)CC3)c2C(F)(F)F)CC1. The van der Waals surface area contributed by atoms with Crippen LogP contribution in [0.25, 0.3) is 0 Å². The van der Waals surface area contributed by atoms with Crippen molar-refractivity contribution in [3.05, 3.63) is 45.5 Å². The van der Waals surface area contributed by atoms with E-state index in [2.05, 4.69) is 10.1 Å². The van der Waals surface area contributed by atoms with Gasteiger partial charge in [-0.3, -0.25) is 24.0 Å². The molecule has 2 aliphatic rings. The van der Waals surface area contributed by atoms with E-state index in [0.29, 0.717) is 38.5 Å². The van der Waals surface area contributed by atoms with E-state index >= 15 is 0 Å². The number of esters is 1. The first kappa shape index (κ1) is 33.2. The molecule has 0 atom stereocenters. The van der Waals surface area contributed by atoms with Gasteiger partial charge in [0, 0.05) is 18.9 Å². The Balaban J connectivity index is 1.63. The van der Waals surface area contributed by atoms with Gasteiger partial charge in [-0.05, 0) is 71.1 Å². The van der Waals surface area contributed by atoms with Crippen molar-refractivity contribution in [2.45, 2.75) is 83.0 Å². The molecule has 2 aliphatic carbocycles. The Kier molecular flexibility index (Phi) is 10.4. The maximum Gasteiger partial charge on any atom is 0.433 e. The lowest BCUT2D eigenvalue weighted by molar-refractivity contribution is -0.151. The zero-order chi connectivity index (χ0) is 31.5. The van der Waals surface area contributed by atoms with E-state index in [1.807, 2.05) is 0 Å². The summed E-state index contributed by atoms with van der Waals surface area (Å²) in [6.45, 7) is 3.06. The second-order valence-corrected chi connectivity index (χ2v) is 12.4. The quantitative estimate of drug-likeness (QED) is 0.256. The number of carbonyl (C=O) groups excluding carboxylic acids is 3. The maximum absolute atomic E-state index is 14.6. The highest BCUT2D eigenvalue weighted by molar-refractivity contribution is 6.39. The number of amides is 1. The number of carbonyl (C=O) groups is 3. The zero-order valence-corrected chi connectivity index (χ0v) is 25.5. The molecule has 0 aliphatic heterocycles. The largest absolute Gasteiger partial charge is 0.466 e. The molecular weight excluding hydrogens is 612 g/mol. The molecule has 2 heterocycles. The van der Waals surface area contributed by atoms with Gasteiger partial charge in [0.25, 0.3) is 5.91 Å². The van der Waals surface area contributed by atoms with Gasteiger partial charge in [0.15, 0.2) is 11.5 Å². The smallest absolute Gasteiger partial charge is 0.433 e. The Morgan fingerprint density at radius 2 is 1.67 bits per heavy atom. The molecule has 236 valence electrons. The fourth-order valence-corrected chi connectivity index (χ4v) is 6.58. The van der Waals surface area contributed by atoms with Crippen molar-refractivity contribution in [2.75, 3.05) is 19.7 Å². The Morgan fingerprint density at radius 1 is 1.07 bits per heavy atom. The van der Waals surface area contributed by atoms with E-state index in [0.717, 1.165) is 15.8 Å². The minimum absolute atomic E-state index is 0.00585. The molecule has 0 bridgehead atoms. The summed E-state index contributed by atoms with van der Waals surface area (Å²) >= 11 is 12.3. The van der Waals surface area contributed by atoms with Crippen molar-refractivity contribution >= 4 is 40.9 Å². The van der Waals surface area contributed by atoms with Gasteiger partial charge in [-0.25, -0.2) is 0 Å². The van der Waals surface area contributed by atoms with Crippen LogP contribution in [0.3, 0.4) is 0 Å². The molecule has 2 saturated carbocycles. The third-order valence-electron chi connectivity index (χ3n) is 8.37. The molecule has 2 fully saturated rings. The number of nitrogens with zero attached hydrogens (tertiary/aromatic N) is 4. The Bertz CT molecular complexity index is 1310. The Morgan fingerprint density at radius 3 is 2.23 bits per heavy atom. The van der Waals surface area contributed by atoms with E-state index in [1.165, 1.54) is 12.4 Å². The number of hydrogen-bond acceptors (Lipinski definition) is 7. The lowest BCUT2D eigenvalue weighted by Crippen LogP contribution is -2.42. The number of pyridine rings is 1. The fraction of sp³-hybridized carbons (Fsp3) is 0.621. The number of rotatable bonds is 9. The highest BCUT2D eigenvalue weighted by Gasteiger charge is 2.44. The van der Waals surface area contributed by atoms with Crippen molar-refractivity contribution in [1.29, 1.82) is 0 Å². The van der Waals surface area contributed by atoms with Gasteiger partial charge in [0.1, 0.15) is 0 Å². The molecule has 4 rings (SSSR count). The van der Waals surface area contributed by atoms with E-state index in [-0.39, 0.29) is 53.5 Å². The first-order valence-electron chi connectivity index (χ1n) is 14.4. The van der Waals surface area contributed by atoms with Crippen LogP contribution in [-0.2, 0) is 15.7 Å². The first-order valence-corrected chi connectivity index (χ1v) is 15.1. The van der Waals surface area contributed by atoms with Gasteiger partial charge in [-0.2, -0.15) is 18.3 Å². The summed E-state index contributed by atoms with van der Waals surface area (Å²) in [5.74, 6) is -2.56. The van der Waals surface area contributed by atoms with E-state index in [9.17, 15) is 32.7 Å². The Labute approximate surface area is 257 Å². The summed E-state index contributed by atoms with van der Waals surface area (Å²) in [5, 5.41) is 14.3. The molecule has 0 saturated heterocycles. The van der Waals surface area contributed by atoms with Crippen LogP contribution in [-0.4, -0.2) is 67.7 Å². The lowest BCUT2D eigenvalue weighted by Gasteiger charge is -2.35. The summed E-state index contributed by atoms with van der Waals surface area (Å²) in [7, 11) is 0. The number of Topliss-reactive ketones (excluding diaryl/α,β-unsaturated/α-hetero) is 1. The molecular formula is C29H35Cl2F3N4O5. The van der Waals surface area contributed by atoms with Crippen LogP contribution in [0.1, 0.15) is 97.7 Å². The molecule has 0 radical (unpaired) electrons. The third-order valence-corrected chi connectivity index (χ3v) is 8.94. The number of halogens is 5. The average Bonchev–Trinajstić information content (AvgIpc) is 3.40. The topological polar surface area (TPSA) is 115 Å².